The standard InChI is InChI=1S/C47H30N2/c1-3-15-31(16-4-1)43-27-33(28-44(48-43)32-17-5-2-6-18-32)40-29-41-36-21-9-7-19-34(36)35-20-8-10-22-37(35)42(41)30-47(40)49-45-25-13-11-23-38(45)39-24-12-14-26-46(39)49/h1-30H. The van der Waals surface area contributed by atoms with E-state index in [1.807, 2.05) is 0 Å². The van der Waals surface area contributed by atoms with Crippen LogP contribution in [0.4, 0.5) is 0 Å². The van der Waals surface area contributed by atoms with Crippen LogP contribution >= 0.6 is 0 Å². The van der Waals surface area contributed by atoms with Crippen LogP contribution in [0.2, 0.25) is 0 Å². The molecule has 0 spiro atoms. The van der Waals surface area contributed by atoms with Crippen molar-refractivity contribution >= 4 is 54.1 Å². The highest BCUT2D eigenvalue weighted by Gasteiger charge is 2.20. The summed E-state index contributed by atoms with van der Waals surface area (Å²) in [6, 6.07) is 65.7. The molecule has 228 valence electrons. The maximum Gasteiger partial charge on any atom is 0.0715 e. The molecule has 2 aromatic heterocycles. The molecule has 0 saturated heterocycles. The SMILES string of the molecule is c1ccc(-c2cc(-c3cc4c5ccccc5c5ccccc5c4cc3-n3c4ccccc4c4ccccc43)cc(-c3ccccc3)n2)cc1. The molecule has 0 radical (unpaired) electrons. The van der Waals surface area contributed by atoms with Gasteiger partial charge in [-0.05, 0) is 74.3 Å². The summed E-state index contributed by atoms with van der Waals surface area (Å²) in [5.74, 6) is 0. The minimum atomic E-state index is 0.952. The van der Waals surface area contributed by atoms with Crippen LogP contribution < -0.4 is 0 Å². The summed E-state index contributed by atoms with van der Waals surface area (Å²) in [6.07, 6.45) is 0. The minimum Gasteiger partial charge on any atom is -0.309 e. The van der Waals surface area contributed by atoms with Crippen molar-refractivity contribution in [3.8, 4) is 39.3 Å². The summed E-state index contributed by atoms with van der Waals surface area (Å²) < 4.78 is 2.47. The molecule has 0 N–H and O–H groups in total. The first kappa shape index (κ1) is 27.6. The van der Waals surface area contributed by atoms with E-state index in [1.54, 1.807) is 0 Å². The molecule has 0 amide bonds. The van der Waals surface area contributed by atoms with E-state index in [0.717, 1.165) is 39.3 Å². The largest absolute Gasteiger partial charge is 0.309 e. The van der Waals surface area contributed by atoms with Crippen molar-refractivity contribution in [2.45, 2.75) is 0 Å². The molecule has 8 aromatic carbocycles. The molecule has 0 aliphatic heterocycles. The van der Waals surface area contributed by atoms with Gasteiger partial charge in [-0.25, -0.2) is 4.98 Å². The van der Waals surface area contributed by atoms with Gasteiger partial charge in [-0.1, -0.05) is 146 Å². The van der Waals surface area contributed by atoms with Gasteiger partial charge in [-0.15, -0.1) is 0 Å². The second-order valence-electron chi connectivity index (χ2n) is 12.7. The van der Waals surface area contributed by atoms with Crippen LogP contribution in [0.3, 0.4) is 0 Å². The molecule has 0 atom stereocenters. The Morgan fingerprint density at radius 2 is 0.694 bits per heavy atom. The molecule has 2 heterocycles. The van der Waals surface area contributed by atoms with Gasteiger partial charge in [-0.3, -0.25) is 0 Å². The Labute approximate surface area is 284 Å². The van der Waals surface area contributed by atoms with Gasteiger partial charge in [0.1, 0.15) is 0 Å². The number of nitrogens with zero attached hydrogens (tertiary/aromatic N) is 2. The van der Waals surface area contributed by atoms with Gasteiger partial charge in [0.05, 0.1) is 28.1 Å². The minimum absolute atomic E-state index is 0.952. The van der Waals surface area contributed by atoms with E-state index in [9.17, 15) is 0 Å². The van der Waals surface area contributed by atoms with Crippen LogP contribution in [0.25, 0.3) is 93.5 Å². The molecule has 0 unspecified atom stereocenters. The zero-order valence-electron chi connectivity index (χ0n) is 26.7. The first-order chi connectivity index (χ1) is 24.3. The number of benzene rings is 8. The van der Waals surface area contributed by atoms with Gasteiger partial charge in [0.2, 0.25) is 0 Å². The third-order valence-corrected chi connectivity index (χ3v) is 9.96. The van der Waals surface area contributed by atoms with Crippen LogP contribution in [-0.4, -0.2) is 9.55 Å². The number of aromatic nitrogens is 2. The van der Waals surface area contributed by atoms with Crippen LogP contribution in [-0.2, 0) is 0 Å². The van der Waals surface area contributed by atoms with Gasteiger partial charge in [0.15, 0.2) is 0 Å². The third-order valence-electron chi connectivity index (χ3n) is 9.96. The predicted molar refractivity (Wildman–Crippen MR) is 207 cm³/mol. The Hall–Kier alpha value is -6.51. The number of hydrogen-bond donors (Lipinski definition) is 0. The predicted octanol–water partition coefficient (Wildman–Crippen LogP) is 12.6. The fourth-order valence-corrected chi connectivity index (χ4v) is 7.74. The average Bonchev–Trinajstić information content (AvgIpc) is 3.52. The summed E-state index contributed by atoms with van der Waals surface area (Å²) in [4.78, 5) is 5.24. The lowest BCUT2D eigenvalue weighted by molar-refractivity contribution is 1.19. The van der Waals surface area contributed by atoms with Crippen LogP contribution in [0.15, 0.2) is 182 Å². The fraction of sp³-hybridized carbons (Fsp3) is 0. The summed E-state index contributed by atoms with van der Waals surface area (Å²) in [7, 11) is 0. The molecular formula is C47H30N2. The number of rotatable bonds is 4. The summed E-state index contributed by atoms with van der Waals surface area (Å²) >= 11 is 0. The molecule has 10 aromatic rings. The van der Waals surface area contributed by atoms with E-state index >= 15 is 0 Å². The molecule has 0 saturated carbocycles. The molecular weight excluding hydrogens is 593 g/mol. The zero-order chi connectivity index (χ0) is 32.3. The summed E-state index contributed by atoms with van der Waals surface area (Å²) in [5, 5.41) is 10.0. The van der Waals surface area contributed by atoms with Crippen molar-refractivity contribution in [2.24, 2.45) is 0 Å². The van der Waals surface area contributed by atoms with Crippen molar-refractivity contribution in [3.63, 3.8) is 0 Å². The maximum atomic E-state index is 5.24. The number of fused-ring (bicyclic) bond motifs is 9. The van der Waals surface area contributed by atoms with Crippen molar-refractivity contribution in [1.29, 1.82) is 0 Å². The summed E-state index contributed by atoms with van der Waals surface area (Å²) in [6.45, 7) is 0. The second-order valence-corrected chi connectivity index (χ2v) is 12.7. The van der Waals surface area contributed by atoms with Crippen molar-refractivity contribution < 1.29 is 0 Å². The van der Waals surface area contributed by atoms with Gasteiger partial charge >= 0.3 is 0 Å². The molecule has 2 heteroatoms. The van der Waals surface area contributed by atoms with Gasteiger partial charge in [0, 0.05) is 27.5 Å². The lowest BCUT2D eigenvalue weighted by atomic mass is 9.90. The monoisotopic (exact) mass is 622 g/mol. The Kier molecular flexibility index (Phi) is 6.22. The van der Waals surface area contributed by atoms with E-state index in [-0.39, 0.29) is 0 Å². The normalized spacial score (nSPS) is 11.7. The van der Waals surface area contributed by atoms with Crippen LogP contribution in [0.1, 0.15) is 0 Å². The lowest BCUT2D eigenvalue weighted by Gasteiger charge is -2.19. The molecule has 10 rings (SSSR count). The van der Waals surface area contributed by atoms with Crippen molar-refractivity contribution in [2.75, 3.05) is 0 Å². The number of hydrogen-bond acceptors (Lipinski definition) is 1. The fourth-order valence-electron chi connectivity index (χ4n) is 7.74. The van der Waals surface area contributed by atoms with E-state index in [0.29, 0.717) is 0 Å². The van der Waals surface area contributed by atoms with E-state index < -0.39 is 0 Å². The first-order valence-electron chi connectivity index (χ1n) is 16.8. The molecule has 0 bridgehead atoms. The van der Waals surface area contributed by atoms with Crippen LogP contribution in [0, 0.1) is 0 Å². The maximum absolute atomic E-state index is 5.24. The molecule has 0 aliphatic rings. The highest BCUT2D eigenvalue weighted by Crippen LogP contribution is 2.43. The second kappa shape index (κ2) is 11.0. The average molecular weight is 623 g/mol. The topological polar surface area (TPSA) is 17.8 Å². The van der Waals surface area contributed by atoms with E-state index in [1.165, 1.54) is 54.1 Å². The molecule has 49 heavy (non-hydrogen) atoms. The quantitative estimate of drug-likeness (QED) is 0.179. The Morgan fingerprint density at radius 1 is 0.306 bits per heavy atom. The highest BCUT2D eigenvalue weighted by molar-refractivity contribution is 6.26. The Balaban J connectivity index is 1.39. The van der Waals surface area contributed by atoms with Gasteiger partial charge < -0.3 is 4.57 Å². The molecule has 0 fully saturated rings. The Morgan fingerprint density at radius 3 is 1.18 bits per heavy atom. The lowest BCUT2D eigenvalue weighted by Crippen LogP contribution is -1.99. The molecule has 0 aliphatic carbocycles. The van der Waals surface area contributed by atoms with Gasteiger partial charge in [0.25, 0.3) is 0 Å². The van der Waals surface area contributed by atoms with Gasteiger partial charge in [-0.2, -0.15) is 0 Å². The summed E-state index contributed by atoms with van der Waals surface area (Å²) in [5.41, 5.74) is 9.91. The number of pyridine rings is 1. The highest BCUT2D eigenvalue weighted by atomic mass is 15.0. The van der Waals surface area contributed by atoms with E-state index in [4.69, 9.17) is 4.98 Å². The third kappa shape index (κ3) is 4.38. The van der Waals surface area contributed by atoms with Crippen molar-refractivity contribution in [1.82, 2.24) is 9.55 Å². The van der Waals surface area contributed by atoms with Crippen molar-refractivity contribution in [3.05, 3.63) is 182 Å². The molecule has 2 nitrogen and oxygen atoms in total. The Bertz CT molecular complexity index is 2750. The van der Waals surface area contributed by atoms with E-state index in [2.05, 4.69) is 187 Å². The van der Waals surface area contributed by atoms with Crippen LogP contribution in [0.5, 0.6) is 0 Å². The first-order valence-corrected chi connectivity index (χ1v) is 16.8. The smallest absolute Gasteiger partial charge is 0.0715 e. The number of para-hydroxylation sites is 2. The zero-order valence-corrected chi connectivity index (χ0v) is 26.7.